The van der Waals surface area contributed by atoms with Crippen molar-refractivity contribution in [3.8, 4) is 5.75 Å². The quantitative estimate of drug-likeness (QED) is 0.489. The molecule has 0 spiro atoms. The number of amides is 2. The minimum Gasteiger partial charge on any atom is -0.487 e. The maximum atomic E-state index is 13.9. The number of ether oxygens (including phenoxy) is 1. The Morgan fingerprint density at radius 3 is 2.70 bits per heavy atom. The van der Waals surface area contributed by atoms with Crippen LogP contribution in [0.2, 0.25) is 0 Å². The highest BCUT2D eigenvalue weighted by molar-refractivity contribution is 5.98. The Hall–Kier alpha value is -3.35. The maximum absolute atomic E-state index is 13.9. The summed E-state index contributed by atoms with van der Waals surface area (Å²) in [6, 6.07) is 13.3. The molecule has 0 unspecified atom stereocenters. The Balaban J connectivity index is 1.47. The molecule has 1 fully saturated rings. The van der Waals surface area contributed by atoms with E-state index in [2.05, 4.69) is 21.8 Å². The molecule has 2 amide bonds. The molecule has 3 aromatic rings. The van der Waals surface area contributed by atoms with Gasteiger partial charge in [0, 0.05) is 25.2 Å². The second-order valence-corrected chi connectivity index (χ2v) is 10.3. The third kappa shape index (κ3) is 5.65. The number of fused-ring (bicyclic) bond motifs is 3. The van der Waals surface area contributed by atoms with Gasteiger partial charge in [0.25, 0.3) is 11.8 Å². The molecular formula is C30H38N4O3. The van der Waals surface area contributed by atoms with Crippen LogP contribution in [0.15, 0.2) is 48.8 Å². The molecule has 1 aliphatic heterocycles. The van der Waals surface area contributed by atoms with Gasteiger partial charge in [0.05, 0.1) is 29.0 Å². The van der Waals surface area contributed by atoms with Crippen molar-refractivity contribution in [2.24, 2.45) is 0 Å². The minimum atomic E-state index is -0.148. The van der Waals surface area contributed by atoms with Crippen molar-refractivity contribution in [2.45, 2.75) is 76.9 Å². The van der Waals surface area contributed by atoms with Gasteiger partial charge in [-0.1, -0.05) is 38.3 Å². The molecule has 196 valence electrons. The molecular weight excluding hydrogens is 464 g/mol. The van der Waals surface area contributed by atoms with Gasteiger partial charge in [-0.05, 0) is 68.9 Å². The number of H-pyrrole nitrogens is 1. The van der Waals surface area contributed by atoms with Gasteiger partial charge in [-0.15, -0.1) is 0 Å². The number of carbonyl (C=O) groups excluding carboxylic acids is 2. The molecule has 0 saturated heterocycles. The van der Waals surface area contributed by atoms with Crippen LogP contribution in [-0.2, 0) is 0 Å². The van der Waals surface area contributed by atoms with Crippen LogP contribution in [0.4, 0.5) is 0 Å². The number of carbonyl (C=O) groups is 2. The highest BCUT2D eigenvalue weighted by Crippen LogP contribution is 2.31. The molecule has 1 aromatic heterocycles. The zero-order chi connectivity index (χ0) is 25.6. The van der Waals surface area contributed by atoms with E-state index in [0.717, 1.165) is 81.9 Å². The molecule has 2 heterocycles. The van der Waals surface area contributed by atoms with E-state index in [-0.39, 0.29) is 24.0 Å². The number of hydrogen-bond acceptors (Lipinski definition) is 4. The highest BCUT2D eigenvalue weighted by Gasteiger charge is 2.35. The monoisotopic (exact) mass is 502 g/mol. The summed E-state index contributed by atoms with van der Waals surface area (Å²) in [4.78, 5) is 39.0. The lowest BCUT2D eigenvalue weighted by molar-refractivity contribution is 0.0267. The lowest BCUT2D eigenvalue weighted by Crippen LogP contribution is -2.51. The van der Waals surface area contributed by atoms with Crippen molar-refractivity contribution >= 4 is 22.8 Å². The van der Waals surface area contributed by atoms with Gasteiger partial charge in [-0.25, -0.2) is 4.98 Å². The van der Waals surface area contributed by atoms with Crippen LogP contribution in [-0.4, -0.2) is 63.4 Å². The Kier molecular flexibility index (Phi) is 8.07. The number of aromatic nitrogens is 2. The summed E-state index contributed by atoms with van der Waals surface area (Å²) in [7, 11) is 0. The van der Waals surface area contributed by atoms with Crippen LogP contribution in [0.25, 0.3) is 11.0 Å². The lowest BCUT2D eigenvalue weighted by atomic mass is 9.90. The third-order valence-corrected chi connectivity index (χ3v) is 7.75. The number of imidazole rings is 1. The number of para-hydroxylation sites is 1. The van der Waals surface area contributed by atoms with E-state index in [1.807, 2.05) is 47.4 Å². The van der Waals surface area contributed by atoms with Crippen molar-refractivity contribution < 1.29 is 14.3 Å². The molecule has 2 atom stereocenters. The summed E-state index contributed by atoms with van der Waals surface area (Å²) in [6.45, 7) is 4.33. The Labute approximate surface area is 219 Å². The van der Waals surface area contributed by atoms with Crippen LogP contribution in [0.1, 0.15) is 85.4 Å². The first-order valence-corrected chi connectivity index (χ1v) is 13.9. The van der Waals surface area contributed by atoms with E-state index < -0.39 is 0 Å². The predicted molar refractivity (Wildman–Crippen MR) is 145 cm³/mol. The fraction of sp³-hybridized carbons (Fsp3) is 0.500. The van der Waals surface area contributed by atoms with Crippen molar-refractivity contribution in [3.63, 3.8) is 0 Å². The number of nitrogens with one attached hydrogen (secondary N) is 1. The van der Waals surface area contributed by atoms with Gasteiger partial charge in [0.1, 0.15) is 11.9 Å². The zero-order valence-electron chi connectivity index (χ0n) is 21.8. The zero-order valence-corrected chi connectivity index (χ0v) is 21.8. The van der Waals surface area contributed by atoms with E-state index >= 15 is 0 Å². The maximum Gasteiger partial charge on any atom is 0.257 e. The molecule has 7 heteroatoms. The third-order valence-electron chi connectivity index (χ3n) is 7.75. The van der Waals surface area contributed by atoms with Crippen LogP contribution in [0.3, 0.4) is 0 Å². The average Bonchev–Trinajstić information content (AvgIpc) is 3.40. The van der Waals surface area contributed by atoms with Crippen molar-refractivity contribution in [2.75, 3.05) is 19.6 Å². The van der Waals surface area contributed by atoms with Gasteiger partial charge in [0.15, 0.2) is 0 Å². The Morgan fingerprint density at radius 2 is 1.84 bits per heavy atom. The highest BCUT2D eigenvalue weighted by atomic mass is 16.5. The van der Waals surface area contributed by atoms with Gasteiger partial charge >= 0.3 is 0 Å². The molecule has 2 aliphatic rings. The topological polar surface area (TPSA) is 78.5 Å². The van der Waals surface area contributed by atoms with Crippen LogP contribution in [0, 0.1) is 0 Å². The first-order valence-electron chi connectivity index (χ1n) is 13.9. The van der Waals surface area contributed by atoms with Crippen molar-refractivity contribution in [1.29, 1.82) is 0 Å². The van der Waals surface area contributed by atoms with Crippen molar-refractivity contribution in [1.82, 2.24) is 19.8 Å². The largest absolute Gasteiger partial charge is 0.487 e. The van der Waals surface area contributed by atoms with Crippen molar-refractivity contribution in [3.05, 3.63) is 59.9 Å². The fourth-order valence-corrected chi connectivity index (χ4v) is 5.83. The summed E-state index contributed by atoms with van der Waals surface area (Å²) in [5.74, 6) is 0.721. The Bertz CT molecular complexity index is 1220. The number of benzene rings is 2. The molecule has 1 aliphatic carbocycles. The van der Waals surface area contributed by atoms with Gasteiger partial charge < -0.3 is 19.5 Å². The normalized spacial score (nSPS) is 21.6. The molecule has 5 rings (SSSR count). The smallest absolute Gasteiger partial charge is 0.257 e. The van der Waals surface area contributed by atoms with Gasteiger partial charge in [0.2, 0.25) is 0 Å². The second kappa shape index (κ2) is 11.8. The van der Waals surface area contributed by atoms with E-state index in [1.165, 1.54) is 0 Å². The number of aromatic amines is 1. The summed E-state index contributed by atoms with van der Waals surface area (Å²) >= 11 is 0. The number of hydrogen-bond donors (Lipinski definition) is 1. The Morgan fingerprint density at radius 1 is 1.03 bits per heavy atom. The van der Waals surface area contributed by atoms with Gasteiger partial charge in [-0.3, -0.25) is 9.59 Å². The minimum absolute atomic E-state index is 0.0310. The number of rotatable bonds is 3. The SMILES string of the molecule is CCCN1CCCCCCN(C(=O)c2ccc3nc[nH]c3c2)[C@@H]2CCCC[C@@H]2Oc2ccccc2C1=O. The first kappa shape index (κ1) is 25.3. The van der Waals surface area contributed by atoms with Crippen LogP contribution >= 0.6 is 0 Å². The van der Waals surface area contributed by atoms with Gasteiger partial charge in [-0.2, -0.15) is 0 Å². The summed E-state index contributed by atoms with van der Waals surface area (Å²) in [5, 5.41) is 0. The van der Waals surface area contributed by atoms with Crippen LogP contribution < -0.4 is 4.74 Å². The molecule has 0 radical (unpaired) electrons. The predicted octanol–water partition coefficient (Wildman–Crippen LogP) is 5.82. The molecule has 37 heavy (non-hydrogen) atoms. The second-order valence-electron chi connectivity index (χ2n) is 10.3. The number of nitrogens with zero attached hydrogens (tertiary/aromatic N) is 3. The van der Waals surface area contributed by atoms with E-state index in [0.29, 0.717) is 23.4 Å². The van der Waals surface area contributed by atoms with E-state index in [4.69, 9.17) is 4.74 Å². The summed E-state index contributed by atoms with van der Waals surface area (Å²) in [5.41, 5.74) is 3.02. The molecule has 1 N–H and O–H groups in total. The fourth-order valence-electron chi connectivity index (χ4n) is 5.83. The van der Waals surface area contributed by atoms with E-state index in [1.54, 1.807) is 6.33 Å². The van der Waals surface area contributed by atoms with E-state index in [9.17, 15) is 9.59 Å². The summed E-state index contributed by atoms with van der Waals surface area (Å²) in [6.07, 6.45) is 10.3. The lowest BCUT2D eigenvalue weighted by Gasteiger charge is -2.40. The molecule has 1 saturated carbocycles. The summed E-state index contributed by atoms with van der Waals surface area (Å²) < 4.78 is 6.66. The molecule has 0 bridgehead atoms. The molecule has 2 aromatic carbocycles. The molecule has 7 nitrogen and oxygen atoms in total. The standard InChI is InChI=1S/C30H38N4O3/c1-2-17-33-18-9-3-4-10-19-34(29(35)22-15-16-24-25(20-22)32-21-31-24)26-12-6-8-14-28(26)37-27-13-7-5-11-23(27)30(33)36/h5,7,11,13,15-16,20-21,26,28H,2-4,6,8-10,12,14,17-19H2,1H3,(H,31,32)/t26-,28+/m1/s1. The van der Waals surface area contributed by atoms with Crippen LogP contribution in [0.5, 0.6) is 5.75 Å². The first-order chi connectivity index (χ1) is 18.2. The average molecular weight is 503 g/mol.